The molecule has 0 saturated carbocycles. The number of benzene rings is 1. The van der Waals surface area contributed by atoms with E-state index in [-0.39, 0.29) is 36.2 Å². The number of amides is 3. The first kappa shape index (κ1) is 21.9. The van der Waals surface area contributed by atoms with E-state index in [1.54, 1.807) is 6.08 Å². The van der Waals surface area contributed by atoms with Crippen molar-refractivity contribution in [3.05, 3.63) is 52.0 Å². The fourth-order valence-electron chi connectivity index (χ4n) is 4.18. The maximum Gasteiger partial charge on any atom is 0.293 e. The van der Waals surface area contributed by atoms with E-state index in [1.807, 2.05) is 33.9 Å². The molecular formula is C23H24BrN3O3S. The Morgan fingerprint density at radius 2 is 2.13 bits per heavy atom. The van der Waals surface area contributed by atoms with Crippen molar-refractivity contribution in [3.8, 4) is 0 Å². The van der Waals surface area contributed by atoms with Crippen LogP contribution in [0, 0.1) is 0 Å². The molecule has 0 radical (unpaired) electrons. The Hall–Kier alpha value is -2.32. The highest BCUT2D eigenvalue weighted by atomic mass is 79.9. The number of halogens is 1. The Balaban J connectivity index is 1.68. The van der Waals surface area contributed by atoms with Gasteiger partial charge in [-0.2, -0.15) is 0 Å². The summed E-state index contributed by atoms with van der Waals surface area (Å²) in [6.07, 6.45) is 8.42. The quantitative estimate of drug-likeness (QED) is 0.425. The summed E-state index contributed by atoms with van der Waals surface area (Å²) >= 11 is 4.44. The molecule has 162 valence electrons. The zero-order chi connectivity index (χ0) is 22.1. The van der Waals surface area contributed by atoms with Gasteiger partial charge in [0.25, 0.3) is 11.1 Å². The maximum absolute atomic E-state index is 13.0. The van der Waals surface area contributed by atoms with Gasteiger partial charge in [-0.15, -0.1) is 6.58 Å². The highest BCUT2D eigenvalue weighted by molar-refractivity contribution is 9.10. The van der Waals surface area contributed by atoms with Crippen LogP contribution in [0.2, 0.25) is 0 Å². The van der Waals surface area contributed by atoms with Crippen LogP contribution in [0.5, 0.6) is 0 Å². The van der Waals surface area contributed by atoms with Gasteiger partial charge < -0.3 is 9.47 Å². The second-order valence-electron chi connectivity index (χ2n) is 7.89. The zero-order valence-corrected chi connectivity index (χ0v) is 19.7. The highest BCUT2D eigenvalue weighted by Crippen LogP contribution is 2.35. The lowest BCUT2D eigenvalue weighted by Crippen LogP contribution is -2.43. The highest BCUT2D eigenvalue weighted by Gasteiger charge is 2.34. The number of likely N-dealkylation sites (tertiary alicyclic amines) is 1. The Kier molecular flexibility index (Phi) is 6.39. The van der Waals surface area contributed by atoms with Crippen LogP contribution in [0.25, 0.3) is 17.0 Å². The summed E-state index contributed by atoms with van der Waals surface area (Å²) in [5, 5.41) is 0.625. The molecule has 0 N–H and O–H groups in total. The Morgan fingerprint density at radius 3 is 2.87 bits per heavy atom. The van der Waals surface area contributed by atoms with E-state index in [1.165, 1.54) is 11.0 Å². The summed E-state index contributed by atoms with van der Waals surface area (Å²) in [5.74, 6) is -0.214. The van der Waals surface area contributed by atoms with Crippen molar-refractivity contribution in [2.45, 2.75) is 38.8 Å². The number of carbonyl (C=O) groups excluding carboxylic acids is 3. The fraction of sp³-hybridized carbons (Fsp3) is 0.348. The first-order valence-corrected chi connectivity index (χ1v) is 11.9. The number of carbonyl (C=O) groups is 3. The number of thioether (sulfide) groups is 1. The molecule has 0 spiro atoms. The molecule has 3 amide bonds. The predicted octanol–water partition coefficient (Wildman–Crippen LogP) is 5.03. The molecule has 1 atom stereocenters. The first-order valence-electron chi connectivity index (χ1n) is 10.3. The van der Waals surface area contributed by atoms with Crippen molar-refractivity contribution in [1.82, 2.24) is 14.4 Å². The molecule has 2 saturated heterocycles. The van der Waals surface area contributed by atoms with Gasteiger partial charge in [0.2, 0.25) is 5.91 Å². The van der Waals surface area contributed by atoms with Gasteiger partial charge in [-0.05, 0) is 62.2 Å². The third-order valence-corrected chi connectivity index (χ3v) is 7.18. The molecule has 2 fully saturated rings. The van der Waals surface area contributed by atoms with Gasteiger partial charge in [0.1, 0.15) is 6.54 Å². The lowest BCUT2D eigenvalue weighted by atomic mass is 10.0. The molecular weight excluding hydrogens is 478 g/mol. The summed E-state index contributed by atoms with van der Waals surface area (Å²) in [7, 11) is 0. The van der Waals surface area contributed by atoms with E-state index >= 15 is 0 Å². The van der Waals surface area contributed by atoms with Crippen molar-refractivity contribution in [2.75, 3.05) is 13.1 Å². The number of fused-ring (bicyclic) bond motifs is 1. The van der Waals surface area contributed by atoms with Crippen molar-refractivity contribution < 1.29 is 14.4 Å². The average Bonchev–Trinajstić information content (AvgIpc) is 3.20. The molecule has 31 heavy (non-hydrogen) atoms. The Bertz CT molecular complexity index is 1110. The molecule has 0 bridgehead atoms. The predicted molar refractivity (Wildman–Crippen MR) is 128 cm³/mol. The number of hydrogen-bond donors (Lipinski definition) is 0. The third-order valence-electron chi connectivity index (χ3n) is 5.77. The summed E-state index contributed by atoms with van der Waals surface area (Å²) in [5.41, 5.74) is 1.72. The number of rotatable bonds is 5. The molecule has 8 heteroatoms. The molecule has 1 aromatic heterocycles. The molecule has 2 aliphatic heterocycles. The van der Waals surface area contributed by atoms with Crippen LogP contribution in [-0.4, -0.2) is 50.6 Å². The number of piperidine rings is 1. The van der Waals surface area contributed by atoms with Crippen molar-refractivity contribution >= 4 is 61.7 Å². The Labute approximate surface area is 194 Å². The van der Waals surface area contributed by atoms with Crippen molar-refractivity contribution in [3.63, 3.8) is 0 Å². The Morgan fingerprint density at radius 1 is 1.32 bits per heavy atom. The van der Waals surface area contributed by atoms with Gasteiger partial charge in [-0.1, -0.05) is 22.0 Å². The van der Waals surface area contributed by atoms with Crippen LogP contribution in [0.4, 0.5) is 4.79 Å². The van der Waals surface area contributed by atoms with Gasteiger partial charge >= 0.3 is 0 Å². The standard InChI is InChI=1S/C23H24BrN3O3S/c1-3-9-27-22(29)20(31-23(27)30)11-16-13-25(19-8-7-17(24)12-18(16)19)14-21(28)26-10-5-4-6-15(26)2/h3,7-8,11-13,15H,1,4-6,9-10,14H2,2H3/b20-11-/t15-/m0/s1. The maximum atomic E-state index is 13.0. The van der Waals surface area contributed by atoms with Gasteiger partial charge in [0, 0.05) is 46.3 Å². The molecule has 0 aliphatic carbocycles. The summed E-state index contributed by atoms with van der Waals surface area (Å²) in [6.45, 7) is 6.95. The second-order valence-corrected chi connectivity index (χ2v) is 9.80. The summed E-state index contributed by atoms with van der Waals surface area (Å²) < 4.78 is 2.84. The second kappa shape index (κ2) is 9.04. The minimum absolute atomic E-state index is 0.102. The van der Waals surface area contributed by atoms with Crippen molar-refractivity contribution in [2.24, 2.45) is 0 Å². The number of aromatic nitrogens is 1. The molecule has 4 rings (SSSR count). The van der Waals surface area contributed by atoms with E-state index in [9.17, 15) is 14.4 Å². The minimum atomic E-state index is -0.316. The third kappa shape index (κ3) is 4.36. The number of imide groups is 1. The van der Waals surface area contributed by atoms with E-state index in [2.05, 4.69) is 29.4 Å². The van der Waals surface area contributed by atoms with Crippen LogP contribution >= 0.6 is 27.7 Å². The zero-order valence-electron chi connectivity index (χ0n) is 17.3. The average molecular weight is 502 g/mol. The summed E-state index contributed by atoms with van der Waals surface area (Å²) in [4.78, 5) is 41.3. The molecule has 6 nitrogen and oxygen atoms in total. The normalized spacial score (nSPS) is 20.8. The van der Waals surface area contributed by atoms with Crippen molar-refractivity contribution in [1.29, 1.82) is 0 Å². The van der Waals surface area contributed by atoms with Gasteiger partial charge in [-0.3, -0.25) is 19.3 Å². The van der Waals surface area contributed by atoms with Crippen LogP contribution in [0.3, 0.4) is 0 Å². The van der Waals surface area contributed by atoms with E-state index in [0.717, 1.165) is 58.5 Å². The largest absolute Gasteiger partial charge is 0.338 e. The molecule has 2 aliphatic rings. The minimum Gasteiger partial charge on any atom is -0.338 e. The number of hydrogen-bond acceptors (Lipinski definition) is 4. The molecule has 0 unspecified atom stereocenters. The van der Waals surface area contributed by atoms with Crippen LogP contribution in [0.15, 0.2) is 46.4 Å². The molecule has 2 aromatic rings. The van der Waals surface area contributed by atoms with Crippen LogP contribution in [0.1, 0.15) is 31.7 Å². The lowest BCUT2D eigenvalue weighted by Gasteiger charge is -2.33. The van der Waals surface area contributed by atoms with E-state index in [0.29, 0.717) is 4.91 Å². The number of nitrogens with zero attached hydrogens (tertiary/aromatic N) is 3. The summed E-state index contributed by atoms with van der Waals surface area (Å²) in [6, 6.07) is 6.13. The topological polar surface area (TPSA) is 62.6 Å². The first-order chi connectivity index (χ1) is 14.9. The smallest absolute Gasteiger partial charge is 0.293 e. The van der Waals surface area contributed by atoms with Gasteiger partial charge in [0.05, 0.1) is 4.91 Å². The molecule has 1 aromatic carbocycles. The fourth-order valence-corrected chi connectivity index (χ4v) is 5.38. The lowest BCUT2D eigenvalue weighted by molar-refractivity contribution is -0.135. The van der Waals surface area contributed by atoms with Gasteiger partial charge in [-0.25, -0.2) is 0 Å². The van der Waals surface area contributed by atoms with E-state index < -0.39 is 0 Å². The van der Waals surface area contributed by atoms with Crippen LogP contribution < -0.4 is 0 Å². The van der Waals surface area contributed by atoms with E-state index in [4.69, 9.17) is 0 Å². The van der Waals surface area contributed by atoms with Crippen LogP contribution in [-0.2, 0) is 16.1 Å². The van der Waals surface area contributed by atoms with Gasteiger partial charge in [0.15, 0.2) is 0 Å². The SMILES string of the molecule is C=CCN1C(=O)S/C(=C\c2cn(CC(=O)N3CCCC[C@@H]3C)c3ccc(Br)cc23)C1=O. The monoisotopic (exact) mass is 501 g/mol. The molecule has 3 heterocycles.